The maximum absolute atomic E-state index is 13.8. The van der Waals surface area contributed by atoms with Crippen molar-refractivity contribution < 1.29 is 28.7 Å². The van der Waals surface area contributed by atoms with Crippen molar-refractivity contribution in [2.75, 3.05) is 27.9 Å². The molecule has 4 rings (SSSR count). The van der Waals surface area contributed by atoms with Gasteiger partial charge in [-0.15, -0.1) is 0 Å². The van der Waals surface area contributed by atoms with Gasteiger partial charge in [0.05, 0.1) is 54.7 Å². The number of fused-ring (bicyclic) bond motifs is 1. The first-order valence-electron chi connectivity index (χ1n) is 11.5. The summed E-state index contributed by atoms with van der Waals surface area (Å²) in [5.74, 6) is 0.655. The predicted molar refractivity (Wildman–Crippen MR) is 140 cm³/mol. The molecule has 198 valence electrons. The van der Waals surface area contributed by atoms with Crippen molar-refractivity contribution >= 4 is 29.1 Å². The smallest absolute Gasteiger partial charge is 0.338 e. The summed E-state index contributed by atoms with van der Waals surface area (Å²) in [6, 6.07) is 8.26. The minimum absolute atomic E-state index is 0.109. The van der Waals surface area contributed by atoms with Gasteiger partial charge in [-0.05, 0) is 55.3 Å². The first-order chi connectivity index (χ1) is 18.2. The number of allylic oxidation sites excluding steroid dienone is 1. The monoisotopic (exact) mass is 539 g/mol. The molecule has 0 saturated heterocycles. The van der Waals surface area contributed by atoms with Crippen LogP contribution in [0.5, 0.6) is 17.2 Å². The summed E-state index contributed by atoms with van der Waals surface area (Å²) < 4.78 is 23.2. The standard InChI is InChI=1S/C26H25N3O8S/c1-6-37-25(31)21-14(2)27-26-28(22(21)16-7-9-17(10-8-16)29(32)33)24(30)20(38-26)13-15-11-18(34-3)23(36-5)19(12-15)35-4/h7-13,22H,6H2,1-5H3. The molecule has 1 atom stereocenters. The molecule has 0 amide bonds. The van der Waals surface area contributed by atoms with E-state index in [0.717, 1.165) is 11.3 Å². The Morgan fingerprint density at radius 2 is 1.76 bits per heavy atom. The number of thiazole rings is 1. The highest BCUT2D eigenvalue weighted by Crippen LogP contribution is 2.38. The second-order valence-electron chi connectivity index (χ2n) is 8.11. The van der Waals surface area contributed by atoms with Crippen LogP contribution in [0.1, 0.15) is 31.0 Å². The van der Waals surface area contributed by atoms with Gasteiger partial charge in [-0.3, -0.25) is 19.5 Å². The maximum Gasteiger partial charge on any atom is 0.338 e. The topological polar surface area (TPSA) is 131 Å². The summed E-state index contributed by atoms with van der Waals surface area (Å²) >= 11 is 1.15. The van der Waals surface area contributed by atoms with Gasteiger partial charge in [0.1, 0.15) is 0 Å². The first kappa shape index (κ1) is 26.6. The molecule has 11 nitrogen and oxygen atoms in total. The molecule has 1 aliphatic heterocycles. The van der Waals surface area contributed by atoms with E-state index in [0.29, 0.717) is 43.4 Å². The second kappa shape index (κ2) is 10.9. The fourth-order valence-corrected chi connectivity index (χ4v) is 5.27. The molecule has 0 saturated carbocycles. The van der Waals surface area contributed by atoms with Crippen LogP contribution in [0.25, 0.3) is 6.08 Å². The lowest BCUT2D eigenvalue weighted by Crippen LogP contribution is -2.39. The van der Waals surface area contributed by atoms with Crippen LogP contribution in [0, 0.1) is 10.1 Å². The van der Waals surface area contributed by atoms with Gasteiger partial charge in [0, 0.05) is 12.1 Å². The van der Waals surface area contributed by atoms with Crippen LogP contribution in [0.15, 0.2) is 57.5 Å². The van der Waals surface area contributed by atoms with Crippen molar-refractivity contribution in [2.24, 2.45) is 4.99 Å². The number of esters is 1. The number of rotatable bonds is 8. The highest BCUT2D eigenvalue weighted by atomic mass is 32.1. The highest BCUT2D eigenvalue weighted by molar-refractivity contribution is 7.07. The predicted octanol–water partition coefficient (Wildman–Crippen LogP) is 2.73. The SMILES string of the molecule is CCOC(=O)C1=C(C)N=c2sc(=Cc3cc(OC)c(OC)c(OC)c3)c(=O)n2C1c1ccc([N+](=O)[O-])cc1. The number of benzene rings is 2. The van der Waals surface area contributed by atoms with Crippen molar-refractivity contribution in [1.29, 1.82) is 0 Å². The normalized spacial score (nSPS) is 15.0. The number of ether oxygens (including phenoxy) is 4. The van der Waals surface area contributed by atoms with Gasteiger partial charge in [0.25, 0.3) is 11.2 Å². The third-order valence-corrected chi connectivity index (χ3v) is 6.90. The second-order valence-corrected chi connectivity index (χ2v) is 9.12. The number of carbonyl (C=O) groups excluding carboxylic acids is 1. The Kier molecular flexibility index (Phi) is 7.62. The van der Waals surface area contributed by atoms with Gasteiger partial charge in [-0.1, -0.05) is 11.3 Å². The molecule has 12 heteroatoms. The number of nitro benzene ring substituents is 1. The van der Waals surface area contributed by atoms with Crippen molar-refractivity contribution in [3.63, 3.8) is 0 Å². The van der Waals surface area contributed by atoms with Crippen LogP contribution in [-0.2, 0) is 9.53 Å². The fraction of sp³-hybridized carbons (Fsp3) is 0.269. The Hall–Kier alpha value is -4.45. The van der Waals surface area contributed by atoms with Gasteiger partial charge >= 0.3 is 5.97 Å². The van der Waals surface area contributed by atoms with E-state index in [-0.39, 0.29) is 23.4 Å². The quantitative estimate of drug-likeness (QED) is 0.243. The zero-order chi connectivity index (χ0) is 27.6. The third kappa shape index (κ3) is 4.77. The van der Waals surface area contributed by atoms with E-state index < -0.39 is 16.9 Å². The summed E-state index contributed by atoms with van der Waals surface area (Å²) in [6.07, 6.45) is 1.67. The lowest BCUT2D eigenvalue weighted by Gasteiger charge is -2.24. The Bertz CT molecular complexity index is 1590. The first-order valence-corrected chi connectivity index (χ1v) is 12.3. The lowest BCUT2D eigenvalue weighted by molar-refractivity contribution is -0.384. The van der Waals surface area contributed by atoms with E-state index in [9.17, 15) is 19.7 Å². The number of nitrogens with zero attached hydrogens (tertiary/aromatic N) is 3. The van der Waals surface area contributed by atoms with Gasteiger partial charge in [0.15, 0.2) is 16.3 Å². The van der Waals surface area contributed by atoms with Gasteiger partial charge in [-0.25, -0.2) is 9.79 Å². The fourth-order valence-electron chi connectivity index (χ4n) is 4.22. The van der Waals surface area contributed by atoms with E-state index in [4.69, 9.17) is 18.9 Å². The molecule has 0 radical (unpaired) electrons. The molecule has 1 aromatic heterocycles. The summed E-state index contributed by atoms with van der Waals surface area (Å²) in [7, 11) is 4.50. The number of aromatic nitrogens is 1. The van der Waals surface area contributed by atoms with Crippen molar-refractivity contribution in [1.82, 2.24) is 4.57 Å². The number of nitro groups is 1. The molecular formula is C26H25N3O8S. The number of non-ortho nitro benzene ring substituents is 1. The number of carbonyl (C=O) groups is 1. The zero-order valence-corrected chi connectivity index (χ0v) is 22.2. The molecule has 0 N–H and O–H groups in total. The molecule has 0 bridgehead atoms. The molecule has 2 heterocycles. The minimum Gasteiger partial charge on any atom is -0.493 e. The zero-order valence-electron chi connectivity index (χ0n) is 21.3. The van der Waals surface area contributed by atoms with Crippen LogP contribution >= 0.6 is 11.3 Å². The van der Waals surface area contributed by atoms with Crippen molar-refractivity contribution in [3.05, 3.63) is 88.6 Å². The van der Waals surface area contributed by atoms with Crippen LogP contribution in [0.4, 0.5) is 5.69 Å². The van der Waals surface area contributed by atoms with E-state index in [1.807, 2.05) is 0 Å². The minimum atomic E-state index is -0.881. The molecule has 38 heavy (non-hydrogen) atoms. The molecule has 3 aromatic rings. The van der Waals surface area contributed by atoms with Crippen LogP contribution in [-0.4, -0.2) is 43.4 Å². The molecule has 1 aliphatic rings. The van der Waals surface area contributed by atoms with E-state index in [2.05, 4.69) is 4.99 Å². The van der Waals surface area contributed by atoms with Crippen molar-refractivity contribution in [2.45, 2.75) is 19.9 Å². The van der Waals surface area contributed by atoms with Crippen LogP contribution < -0.4 is 29.1 Å². The Morgan fingerprint density at radius 1 is 1.13 bits per heavy atom. The average molecular weight is 540 g/mol. The number of hydrogen-bond donors (Lipinski definition) is 0. The number of hydrogen-bond acceptors (Lipinski definition) is 10. The average Bonchev–Trinajstić information content (AvgIpc) is 3.21. The lowest BCUT2D eigenvalue weighted by atomic mass is 9.95. The van der Waals surface area contributed by atoms with Crippen LogP contribution in [0.2, 0.25) is 0 Å². The number of methoxy groups -OCH3 is 3. The highest BCUT2D eigenvalue weighted by Gasteiger charge is 2.33. The molecular weight excluding hydrogens is 514 g/mol. The Balaban J connectivity index is 1.94. The molecule has 1 unspecified atom stereocenters. The van der Waals surface area contributed by atoms with E-state index >= 15 is 0 Å². The van der Waals surface area contributed by atoms with E-state index in [1.165, 1.54) is 50.2 Å². The molecule has 0 fully saturated rings. The summed E-state index contributed by atoms with van der Waals surface area (Å²) in [4.78, 5) is 42.3. The Morgan fingerprint density at radius 3 is 2.29 bits per heavy atom. The van der Waals surface area contributed by atoms with Gasteiger partial charge in [0.2, 0.25) is 5.75 Å². The van der Waals surface area contributed by atoms with Gasteiger partial charge in [-0.2, -0.15) is 0 Å². The molecule has 0 spiro atoms. The van der Waals surface area contributed by atoms with Crippen molar-refractivity contribution in [3.8, 4) is 17.2 Å². The molecule has 2 aromatic carbocycles. The van der Waals surface area contributed by atoms with E-state index in [1.54, 1.807) is 32.1 Å². The van der Waals surface area contributed by atoms with Crippen LogP contribution in [0.3, 0.4) is 0 Å². The largest absolute Gasteiger partial charge is 0.493 e. The summed E-state index contributed by atoms with van der Waals surface area (Å²) in [6.45, 7) is 3.48. The summed E-state index contributed by atoms with van der Waals surface area (Å²) in [5.41, 5.74) is 1.22. The maximum atomic E-state index is 13.8. The Labute approximate surface area is 221 Å². The summed E-state index contributed by atoms with van der Waals surface area (Å²) in [5, 5.41) is 11.2. The third-order valence-electron chi connectivity index (χ3n) is 5.92. The van der Waals surface area contributed by atoms with Gasteiger partial charge < -0.3 is 18.9 Å². The molecule has 0 aliphatic carbocycles.